The maximum Gasteiger partial charge on any atom is 0.243 e. The van der Waals surface area contributed by atoms with E-state index in [0.717, 1.165) is 36.1 Å². The molecular formula is C24H28N2O4S. The van der Waals surface area contributed by atoms with Gasteiger partial charge < -0.3 is 9.15 Å². The Kier molecular flexibility index (Phi) is 6.16. The topological polar surface area (TPSA) is 72.6 Å². The van der Waals surface area contributed by atoms with Crippen LogP contribution >= 0.6 is 0 Å². The lowest BCUT2D eigenvalue weighted by atomic mass is 9.92. The predicted octanol–water partition coefficient (Wildman–Crippen LogP) is 4.75. The van der Waals surface area contributed by atoms with E-state index in [1.54, 1.807) is 20.0 Å². The number of rotatable bonds is 7. The molecule has 0 saturated carbocycles. The first-order chi connectivity index (χ1) is 14.9. The van der Waals surface area contributed by atoms with Crippen molar-refractivity contribution in [3.8, 4) is 17.2 Å². The van der Waals surface area contributed by atoms with Gasteiger partial charge >= 0.3 is 0 Å². The van der Waals surface area contributed by atoms with Crippen LogP contribution in [-0.2, 0) is 29.4 Å². The summed E-state index contributed by atoms with van der Waals surface area (Å²) >= 11 is 0. The molecule has 0 bridgehead atoms. The maximum atomic E-state index is 13.2. The van der Waals surface area contributed by atoms with Gasteiger partial charge in [-0.1, -0.05) is 6.07 Å². The first kappa shape index (κ1) is 21.6. The lowest BCUT2D eigenvalue weighted by Crippen LogP contribution is -2.27. The summed E-state index contributed by atoms with van der Waals surface area (Å²) in [5.41, 5.74) is 3.84. The van der Waals surface area contributed by atoms with E-state index in [2.05, 4.69) is 4.98 Å². The number of aryl methyl sites for hydroxylation is 3. The van der Waals surface area contributed by atoms with Gasteiger partial charge in [0.2, 0.25) is 15.9 Å². The van der Waals surface area contributed by atoms with Crippen LogP contribution in [0.15, 0.2) is 51.8 Å². The van der Waals surface area contributed by atoms with Crippen LogP contribution < -0.4 is 4.74 Å². The van der Waals surface area contributed by atoms with E-state index in [4.69, 9.17) is 9.15 Å². The molecule has 7 heteroatoms. The zero-order chi connectivity index (χ0) is 22.0. The number of aromatic nitrogens is 1. The quantitative estimate of drug-likeness (QED) is 0.530. The van der Waals surface area contributed by atoms with Crippen LogP contribution in [0.25, 0.3) is 11.5 Å². The first-order valence-corrected chi connectivity index (χ1v) is 12.1. The number of oxazole rings is 1. The molecule has 31 heavy (non-hydrogen) atoms. The molecule has 3 aromatic rings. The Morgan fingerprint density at radius 1 is 1.06 bits per heavy atom. The number of benzene rings is 2. The molecule has 164 valence electrons. The van der Waals surface area contributed by atoms with E-state index in [9.17, 15) is 8.42 Å². The number of hydrogen-bond acceptors (Lipinski definition) is 5. The molecule has 0 amide bonds. The Hall–Kier alpha value is -2.64. The van der Waals surface area contributed by atoms with E-state index in [-0.39, 0.29) is 6.54 Å². The molecule has 1 aliphatic rings. The largest absolute Gasteiger partial charge is 0.494 e. The summed E-state index contributed by atoms with van der Waals surface area (Å²) < 4.78 is 39.0. The number of ether oxygens (including phenoxy) is 1. The van der Waals surface area contributed by atoms with Gasteiger partial charge in [0.1, 0.15) is 11.5 Å². The average molecular weight is 441 g/mol. The van der Waals surface area contributed by atoms with Crippen molar-refractivity contribution in [1.29, 1.82) is 0 Å². The zero-order valence-electron chi connectivity index (χ0n) is 18.2. The van der Waals surface area contributed by atoms with E-state index in [1.165, 1.54) is 16.3 Å². The van der Waals surface area contributed by atoms with Crippen molar-refractivity contribution in [3.63, 3.8) is 0 Å². The smallest absolute Gasteiger partial charge is 0.243 e. The number of hydrogen-bond donors (Lipinski definition) is 0. The molecule has 0 aliphatic heterocycles. The fourth-order valence-electron chi connectivity index (χ4n) is 3.90. The summed E-state index contributed by atoms with van der Waals surface area (Å²) in [4.78, 5) is 4.90. The third kappa shape index (κ3) is 4.52. The monoisotopic (exact) mass is 440 g/mol. The van der Waals surface area contributed by atoms with Crippen molar-refractivity contribution in [1.82, 2.24) is 9.29 Å². The van der Waals surface area contributed by atoms with E-state index < -0.39 is 10.0 Å². The highest BCUT2D eigenvalue weighted by Gasteiger charge is 2.25. The molecule has 1 heterocycles. The molecule has 6 nitrogen and oxygen atoms in total. The Labute approximate surface area is 183 Å². The minimum absolute atomic E-state index is 0.145. The molecule has 0 unspecified atom stereocenters. The summed E-state index contributed by atoms with van der Waals surface area (Å²) in [6.45, 7) is 4.49. The third-order valence-electron chi connectivity index (χ3n) is 5.71. The minimum Gasteiger partial charge on any atom is -0.494 e. The van der Waals surface area contributed by atoms with Gasteiger partial charge in [0, 0.05) is 12.6 Å². The molecule has 4 rings (SSSR count). The Bertz CT molecular complexity index is 1170. The average Bonchev–Trinajstić information content (AvgIpc) is 3.14. The standard InChI is InChI=1S/C24H28N2O4S/c1-4-29-21-12-9-19(10-13-21)24-25-23(17(2)30-24)16-26(3)31(27,28)22-14-11-18-7-5-6-8-20(18)15-22/h9-15H,4-8,16H2,1-3H3. The number of sulfonamides is 1. The third-order valence-corrected chi connectivity index (χ3v) is 7.50. The molecule has 1 aromatic heterocycles. The van der Waals surface area contributed by atoms with Crippen molar-refractivity contribution in [2.24, 2.45) is 0 Å². The highest BCUT2D eigenvalue weighted by atomic mass is 32.2. The molecule has 0 fully saturated rings. The number of fused-ring (bicyclic) bond motifs is 1. The van der Waals surface area contributed by atoms with Gasteiger partial charge in [-0.3, -0.25) is 0 Å². The van der Waals surface area contributed by atoms with Crippen LogP contribution in [0.3, 0.4) is 0 Å². The summed E-state index contributed by atoms with van der Waals surface area (Å²) in [6, 6.07) is 13.0. The Balaban J connectivity index is 1.53. The second-order valence-corrected chi connectivity index (χ2v) is 9.92. The second kappa shape index (κ2) is 8.85. The summed E-state index contributed by atoms with van der Waals surface area (Å²) in [5, 5.41) is 0. The van der Waals surface area contributed by atoms with Crippen molar-refractivity contribution < 1.29 is 17.6 Å². The van der Waals surface area contributed by atoms with Crippen LogP contribution in [0.5, 0.6) is 5.75 Å². The van der Waals surface area contributed by atoms with Crippen LogP contribution in [0.1, 0.15) is 42.3 Å². The fourth-order valence-corrected chi connectivity index (χ4v) is 5.09. The number of nitrogens with zero attached hydrogens (tertiary/aromatic N) is 2. The van der Waals surface area contributed by atoms with E-state index >= 15 is 0 Å². The molecule has 0 spiro atoms. The van der Waals surface area contributed by atoms with Gasteiger partial charge in [-0.05, 0) is 87.1 Å². The van der Waals surface area contributed by atoms with Crippen LogP contribution in [-0.4, -0.2) is 31.4 Å². The lowest BCUT2D eigenvalue weighted by molar-refractivity contribution is 0.340. The van der Waals surface area contributed by atoms with Crippen molar-refractivity contribution in [3.05, 3.63) is 65.0 Å². The second-order valence-electron chi connectivity index (χ2n) is 7.88. The van der Waals surface area contributed by atoms with Crippen LogP contribution in [0, 0.1) is 6.92 Å². The van der Waals surface area contributed by atoms with Crippen LogP contribution in [0.2, 0.25) is 0 Å². The molecule has 1 aliphatic carbocycles. The molecule has 2 aromatic carbocycles. The summed E-state index contributed by atoms with van der Waals surface area (Å²) in [7, 11) is -2.04. The molecule has 0 atom stereocenters. The lowest BCUT2D eigenvalue weighted by Gasteiger charge is -2.20. The van der Waals surface area contributed by atoms with E-state index in [0.29, 0.717) is 28.8 Å². The molecule has 0 radical (unpaired) electrons. The molecule has 0 saturated heterocycles. The van der Waals surface area contributed by atoms with Gasteiger partial charge in [-0.2, -0.15) is 4.31 Å². The minimum atomic E-state index is -3.62. The maximum absolute atomic E-state index is 13.2. The van der Waals surface area contributed by atoms with Crippen molar-refractivity contribution in [2.45, 2.75) is 51.0 Å². The zero-order valence-corrected chi connectivity index (χ0v) is 19.0. The normalized spacial score (nSPS) is 13.9. The molecule has 0 N–H and O–H groups in total. The highest BCUT2D eigenvalue weighted by Crippen LogP contribution is 2.28. The van der Waals surface area contributed by atoms with E-state index in [1.807, 2.05) is 43.3 Å². The van der Waals surface area contributed by atoms with Crippen molar-refractivity contribution >= 4 is 10.0 Å². The Morgan fingerprint density at radius 2 is 1.77 bits per heavy atom. The highest BCUT2D eigenvalue weighted by molar-refractivity contribution is 7.89. The SMILES string of the molecule is CCOc1ccc(-c2nc(CN(C)S(=O)(=O)c3ccc4c(c3)CCCC4)c(C)o2)cc1. The van der Waals surface area contributed by atoms with Crippen molar-refractivity contribution in [2.75, 3.05) is 13.7 Å². The van der Waals surface area contributed by atoms with Crippen LogP contribution in [0.4, 0.5) is 0 Å². The van der Waals surface area contributed by atoms with Gasteiger partial charge in [0.25, 0.3) is 0 Å². The predicted molar refractivity (Wildman–Crippen MR) is 120 cm³/mol. The Morgan fingerprint density at radius 3 is 2.48 bits per heavy atom. The van der Waals surface area contributed by atoms with Gasteiger partial charge in [-0.25, -0.2) is 13.4 Å². The molecular weight excluding hydrogens is 412 g/mol. The first-order valence-electron chi connectivity index (χ1n) is 10.7. The summed E-state index contributed by atoms with van der Waals surface area (Å²) in [5.74, 6) is 1.86. The fraction of sp³-hybridized carbons (Fsp3) is 0.375. The summed E-state index contributed by atoms with van der Waals surface area (Å²) in [6.07, 6.45) is 4.24. The van der Waals surface area contributed by atoms with Gasteiger partial charge in [-0.15, -0.1) is 0 Å². The van der Waals surface area contributed by atoms with Gasteiger partial charge in [0.15, 0.2) is 0 Å². The van der Waals surface area contributed by atoms with Gasteiger partial charge in [0.05, 0.1) is 23.7 Å².